The Balaban J connectivity index is 1.86. The van der Waals surface area contributed by atoms with Crippen molar-refractivity contribution in [2.45, 2.75) is 12.7 Å². The molecule has 0 amide bonds. The summed E-state index contributed by atoms with van der Waals surface area (Å²) in [5, 5.41) is 2.02. The lowest BCUT2D eigenvalue weighted by Crippen LogP contribution is -2.45. The maximum absolute atomic E-state index is 12.4. The van der Waals surface area contributed by atoms with Crippen molar-refractivity contribution in [2.24, 2.45) is 0 Å². The molecule has 0 aromatic heterocycles. The van der Waals surface area contributed by atoms with Gasteiger partial charge in [-0.1, -0.05) is 12.1 Å². The minimum absolute atomic E-state index is 0.526. The highest BCUT2D eigenvalue weighted by Crippen LogP contribution is 2.28. The van der Waals surface area contributed by atoms with Crippen molar-refractivity contribution in [3.8, 4) is 0 Å². The van der Waals surface area contributed by atoms with E-state index in [1.165, 1.54) is 12.1 Å². The molecule has 100 valence electrons. The summed E-state index contributed by atoms with van der Waals surface area (Å²) in [6.45, 7) is 3.47. The lowest BCUT2D eigenvalue weighted by atomic mass is 10.1. The fourth-order valence-electron chi connectivity index (χ4n) is 1.74. The van der Waals surface area contributed by atoms with Crippen LogP contribution >= 0.6 is 0 Å². The van der Waals surface area contributed by atoms with Gasteiger partial charge in [0.05, 0.1) is 18.8 Å². The van der Waals surface area contributed by atoms with E-state index in [0.29, 0.717) is 19.8 Å². The van der Waals surface area contributed by atoms with Crippen LogP contribution in [0, 0.1) is 0 Å². The summed E-state index contributed by atoms with van der Waals surface area (Å²) < 4.78 is 42.3. The molecule has 0 bridgehead atoms. The minimum Gasteiger partial charge on any atom is -0.379 e. The van der Waals surface area contributed by atoms with Crippen LogP contribution in [-0.2, 0) is 17.5 Å². The van der Waals surface area contributed by atoms with Gasteiger partial charge in [0.2, 0.25) is 0 Å². The predicted octanol–water partition coefficient (Wildman–Crippen LogP) is 2.04. The first-order valence-electron chi connectivity index (χ1n) is 5.78. The van der Waals surface area contributed by atoms with Crippen LogP contribution in [0.15, 0.2) is 24.3 Å². The van der Waals surface area contributed by atoms with Gasteiger partial charge in [-0.15, -0.1) is 0 Å². The van der Waals surface area contributed by atoms with E-state index in [4.69, 9.17) is 4.74 Å². The molecule has 0 radical (unpaired) electrons. The van der Waals surface area contributed by atoms with Gasteiger partial charge in [-0.05, 0) is 17.7 Å². The molecule has 0 spiro atoms. The average Bonchev–Trinajstić information content (AvgIpc) is 2.37. The summed E-state index contributed by atoms with van der Waals surface area (Å²) in [4.78, 5) is 0. The number of hydrogen-bond acceptors (Lipinski definition) is 3. The van der Waals surface area contributed by atoms with E-state index in [-0.39, 0.29) is 0 Å². The molecule has 1 fully saturated rings. The largest absolute Gasteiger partial charge is 0.416 e. The highest BCUT2D eigenvalue weighted by molar-refractivity contribution is 5.24. The highest BCUT2D eigenvalue weighted by Gasteiger charge is 2.29. The Bertz CT molecular complexity index is 372. The van der Waals surface area contributed by atoms with Crippen molar-refractivity contribution in [1.29, 1.82) is 0 Å². The van der Waals surface area contributed by atoms with E-state index in [2.05, 4.69) is 5.43 Å². The van der Waals surface area contributed by atoms with Crippen LogP contribution < -0.4 is 5.43 Å². The molecular weight excluding hydrogens is 245 g/mol. The zero-order valence-corrected chi connectivity index (χ0v) is 9.83. The van der Waals surface area contributed by atoms with Crippen LogP contribution in [0.2, 0.25) is 0 Å². The number of hydrazine groups is 1. The van der Waals surface area contributed by atoms with Crippen molar-refractivity contribution >= 4 is 0 Å². The Kier molecular flexibility index (Phi) is 4.21. The van der Waals surface area contributed by atoms with Gasteiger partial charge in [-0.2, -0.15) is 13.2 Å². The van der Waals surface area contributed by atoms with Gasteiger partial charge in [-0.25, -0.2) is 5.01 Å². The second kappa shape index (κ2) is 5.69. The van der Waals surface area contributed by atoms with Crippen molar-refractivity contribution in [1.82, 2.24) is 10.4 Å². The smallest absolute Gasteiger partial charge is 0.379 e. The average molecular weight is 260 g/mol. The molecule has 1 aromatic rings. The molecular formula is C12H15F3N2O. The van der Waals surface area contributed by atoms with E-state index >= 15 is 0 Å². The quantitative estimate of drug-likeness (QED) is 0.900. The SMILES string of the molecule is FC(F)(F)c1ccc(CNN2CCOCC2)cc1. The monoisotopic (exact) mass is 260 g/mol. The summed E-state index contributed by atoms with van der Waals surface area (Å²) in [7, 11) is 0. The van der Waals surface area contributed by atoms with Gasteiger partial charge in [-0.3, -0.25) is 5.43 Å². The fourth-order valence-corrected chi connectivity index (χ4v) is 1.74. The standard InChI is InChI=1S/C12H15F3N2O/c13-12(14,15)11-3-1-10(2-4-11)9-16-17-5-7-18-8-6-17/h1-4,16H,5-9H2. The fraction of sp³-hybridized carbons (Fsp3) is 0.500. The third kappa shape index (κ3) is 3.69. The molecule has 0 saturated carbocycles. The topological polar surface area (TPSA) is 24.5 Å². The van der Waals surface area contributed by atoms with Crippen LogP contribution in [0.25, 0.3) is 0 Å². The van der Waals surface area contributed by atoms with Gasteiger partial charge in [0.15, 0.2) is 0 Å². The Morgan fingerprint density at radius 3 is 2.28 bits per heavy atom. The van der Waals surface area contributed by atoms with Gasteiger partial charge in [0.25, 0.3) is 0 Å². The second-order valence-corrected chi connectivity index (χ2v) is 4.13. The summed E-state index contributed by atoms with van der Waals surface area (Å²) >= 11 is 0. The van der Waals surface area contributed by atoms with Crippen molar-refractivity contribution < 1.29 is 17.9 Å². The number of nitrogens with one attached hydrogen (secondary N) is 1. The number of halogens is 3. The summed E-state index contributed by atoms with van der Waals surface area (Å²) in [5.74, 6) is 0. The Morgan fingerprint density at radius 1 is 1.11 bits per heavy atom. The van der Waals surface area contributed by atoms with Gasteiger partial charge in [0, 0.05) is 19.6 Å². The second-order valence-electron chi connectivity index (χ2n) is 4.13. The van der Waals surface area contributed by atoms with Crippen molar-refractivity contribution in [3.63, 3.8) is 0 Å². The molecule has 18 heavy (non-hydrogen) atoms. The number of ether oxygens (including phenoxy) is 1. The lowest BCUT2D eigenvalue weighted by Gasteiger charge is -2.27. The van der Waals surface area contributed by atoms with E-state index in [9.17, 15) is 13.2 Å². The first-order valence-corrected chi connectivity index (χ1v) is 5.78. The van der Waals surface area contributed by atoms with Crippen LogP contribution in [0.1, 0.15) is 11.1 Å². The van der Waals surface area contributed by atoms with Crippen LogP contribution in [0.4, 0.5) is 13.2 Å². The Hall–Kier alpha value is -1.11. The molecule has 1 saturated heterocycles. The van der Waals surface area contributed by atoms with E-state index in [0.717, 1.165) is 30.8 Å². The zero-order chi connectivity index (χ0) is 13.0. The summed E-state index contributed by atoms with van der Waals surface area (Å²) in [6.07, 6.45) is -4.27. The van der Waals surface area contributed by atoms with Gasteiger partial charge in [0.1, 0.15) is 0 Å². The first kappa shape index (κ1) is 13.3. The van der Waals surface area contributed by atoms with Crippen molar-refractivity contribution in [3.05, 3.63) is 35.4 Å². The molecule has 0 unspecified atom stereocenters. The number of nitrogens with zero attached hydrogens (tertiary/aromatic N) is 1. The first-order chi connectivity index (χ1) is 8.55. The molecule has 1 heterocycles. The molecule has 2 rings (SSSR count). The number of benzene rings is 1. The molecule has 1 aliphatic heterocycles. The Morgan fingerprint density at radius 2 is 1.72 bits per heavy atom. The maximum atomic E-state index is 12.4. The van der Waals surface area contributed by atoms with E-state index in [1.807, 2.05) is 5.01 Å². The zero-order valence-electron chi connectivity index (χ0n) is 9.83. The van der Waals surface area contributed by atoms with Crippen LogP contribution in [-0.4, -0.2) is 31.3 Å². The molecule has 6 heteroatoms. The van der Waals surface area contributed by atoms with Gasteiger partial charge >= 0.3 is 6.18 Å². The maximum Gasteiger partial charge on any atom is 0.416 e. The van der Waals surface area contributed by atoms with E-state index in [1.54, 1.807) is 0 Å². The summed E-state index contributed by atoms with van der Waals surface area (Å²) in [5.41, 5.74) is 3.38. The molecule has 1 N–H and O–H groups in total. The number of morpholine rings is 1. The number of hydrogen-bond donors (Lipinski definition) is 1. The minimum atomic E-state index is -4.27. The van der Waals surface area contributed by atoms with Gasteiger partial charge < -0.3 is 4.74 Å². The van der Waals surface area contributed by atoms with E-state index < -0.39 is 11.7 Å². The lowest BCUT2D eigenvalue weighted by molar-refractivity contribution is -0.137. The molecule has 3 nitrogen and oxygen atoms in total. The molecule has 1 aliphatic rings. The predicted molar refractivity (Wildman–Crippen MR) is 60.7 cm³/mol. The van der Waals surface area contributed by atoms with Crippen LogP contribution in [0.3, 0.4) is 0 Å². The van der Waals surface area contributed by atoms with Crippen LogP contribution in [0.5, 0.6) is 0 Å². The molecule has 0 atom stereocenters. The molecule has 0 aliphatic carbocycles. The normalized spacial score (nSPS) is 17.9. The summed E-state index contributed by atoms with van der Waals surface area (Å²) in [6, 6.07) is 5.21. The molecule has 1 aromatic carbocycles. The number of alkyl halides is 3. The highest BCUT2D eigenvalue weighted by atomic mass is 19.4. The van der Waals surface area contributed by atoms with Crippen molar-refractivity contribution in [2.75, 3.05) is 26.3 Å². The number of rotatable bonds is 3. The Labute approximate surface area is 104 Å². The third-order valence-corrected chi connectivity index (χ3v) is 2.80. The third-order valence-electron chi connectivity index (χ3n) is 2.80.